The second kappa shape index (κ2) is 9.83. The average molecular weight is 368 g/mol. The Hall–Kier alpha value is -2.73. The van der Waals surface area contributed by atoms with E-state index in [0.717, 1.165) is 23.2 Å². The largest absolute Gasteiger partial charge is 0.384 e. The highest BCUT2D eigenvalue weighted by atomic mass is 16.2. The number of Topliss-reactive ketones (excluding diaryl/α,β-unsaturated/α-hetero) is 1. The Balaban J connectivity index is 1.77. The lowest BCUT2D eigenvalue weighted by Crippen LogP contribution is -2.47. The number of hydrogen-bond donors (Lipinski definition) is 3. The molecule has 0 radical (unpaired) electrons. The monoisotopic (exact) mass is 368 g/mol. The zero-order chi connectivity index (χ0) is 19.8. The lowest BCUT2D eigenvalue weighted by Gasteiger charge is -2.17. The predicted molar refractivity (Wildman–Crippen MR) is 107 cm³/mol. The van der Waals surface area contributed by atoms with Crippen molar-refractivity contribution in [3.8, 4) is 0 Å². The quantitative estimate of drug-likeness (QED) is 0.626. The van der Waals surface area contributed by atoms with E-state index in [1.54, 1.807) is 13.0 Å². The van der Waals surface area contributed by atoms with Gasteiger partial charge in [-0.15, -0.1) is 0 Å². The Morgan fingerprint density at radius 1 is 1.11 bits per heavy atom. The highest BCUT2D eigenvalue weighted by Crippen LogP contribution is 2.11. The fraction of sp³-hybridized carbons (Fsp3) is 0.381. The van der Waals surface area contributed by atoms with Gasteiger partial charge in [0.15, 0.2) is 5.78 Å². The van der Waals surface area contributed by atoms with Gasteiger partial charge in [0.1, 0.15) is 5.82 Å². The van der Waals surface area contributed by atoms with Gasteiger partial charge in [-0.1, -0.05) is 36.4 Å². The number of carbonyl (C=O) groups excluding carboxylic acids is 2. The SMILES string of the molecule is Cc1nc(N)ccc1CCC(=O)[C@H](C)NC(=O)[C@H](N)CCc1ccccc1. The van der Waals surface area contributed by atoms with Gasteiger partial charge < -0.3 is 16.8 Å². The molecule has 1 amide bonds. The van der Waals surface area contributed by atoms with Gasteiger partial charge in [-0.3, -0.25) is 9.59 Å². The van der Waals surface area contributed by atoms with E-state index in [4.69, 9.17) is 11.5 Å². The summed E-state index contributed by atoms with van der Waals surface area (Å²) in [5.41, 5.74) is 14.5. The van der Waals surface area contributed by atoms with Crippen molar-refractivity contribution in [3.05, 3.63) is 59.3 Å². The molecule has 2 rings (SSSR count). The number of anilines is 1. The molecule has 2 atom stereocenters. The summed E-state index contributed by atoms with van der Waals surface area (Å²) < 4.78 is 0. The molecule has 0 aliphatic rings. The van der Waals surface area contributed by atoms with E-state index in [1.807, 2.05) is 43.3 Å². The van der Waals surface area contributed by atoms with Crippen LogP contribution in [0.4, 0.5) is 5.82 Å². The molecule has 6 nitrogen and oxygen atoms in total. The third-order valence-electron chi connectivity index (χ3n) is 4.62. The van der Waals surface area contributed by atoms with Crippen molar-refractivity contribution >= 4 is 17.5 Å². The number of rotatable bonds is 9. The van der Waals surface area contributed by atoms with Crippen molar-refractivity contribution in [2.24, 2.45) is 5.73 Å². The summed E-state index contributed by atoms with van der Waals surface area (Å²) in [6.45, 7) is 3.56. The number of aromatic nitrogens is 1. The fourth-order valence-corrected chi connectivity index (χ4v) is 2.85. The topological polar surface area (TPSA) is 111 Å². The Bertz CT molecular complexity index is 777. The van der Waals surface area contributed by atoms with Crippen LogP contribution in [-0.4, -0.2) is 28.8 Å². The lowest BCUT2D eigenvalue weighted by molar-refractivity contribution is -0.128. The van der Waals surface area contributed by atoms with E-state index in [0.29, 0.717) is 25.1 Å². The normalized spacial score (nSPS) is 13.0. The molecule has 0 unspecified atom stereocenters. The number of ketones is 1. The number of pyridine rings is 1. The molecule has 1 aromatic heterocycles. The molecule has 1 aromatic carbocycles. The number of aryl methyl sites for hydroxylation is 3. The van der Waals surface area contributed by atoms with Gasteiger partial charge in [-0.05, 0) is 50.3 Å². The number of nitrogens with two attached hydrogens (primary N) is 2. The number of nitrogens with zero attached hydrogens (tertiary/aromatic N) is 1. The van der Waals surface area contributed by atoms with Crippen molar-refractivity contribution < 1.29 is 9.59 Å². The number of hydrogen-bond acceptors (Lipinski definition) is 5. The number of amides is 1. The molecule has 0 fully saturated rings. The van der Waals surface area contributed by atoms with Crippen molar-refractivity contribution in [2.75, 3.05) is 5.73 Å². The lowest BCUT2D eigenvalue weighted by atomic mass is 10.0. The Morgan fingerprint density at radius 2 is 1.81 bits per heavy atom. The zero-order valence-electron chi connectivity index (χ0n) is 15.9. The van der Waals surface area contributed by atoms with Crippen LogP contribution in [-0.2, 0) is 22.4 Å². The molecule has 6 heteroatoms. The average Bonchev–Trinajstić information content (AvgIpc) is 2.65. The molecule has 2 aromatic rings. The van der Waals surface area contributed by atoms with Crippen molar-refractivity contribution in [3.63, 3.8) is 0 Å². The second-order valence-electron chi connectivity index (χ2n) is 6.81. The van der Waals surface area contributed by atoms with Crippen LogP contribution in [0, 0.1) is 6.92 Å². The molecule has 0 saturated carbocycles. The first-order valence-electron chi connectivity index (χ1n) is 9.21. The number of nitrogens with one attached hydrogen (secondary N) is 1. The van der Waals surface area contributed by atoms with Gasteiger partial charge in [0, 0.05) is 12.1 Å². The molecule has 5 N–H and O–H groups in total. The minimum atomic E-state index is -0.635. The van der Waals surface area contributed by atoms with Gasteiger partial charge in [-0.2, -0.15) is 0 Å². The molecule has 0 aliphatic heterocycles. The van der Waals surface area contributed by atoms with Crippen molar-refractivity contribution in [1.82, 2.24) is 10.3 Å². The van der Waals surface area contributed by atoms with Gasteiger partial charge in [0.2, 0.25) is 5.91 Å². The third kappa shape index (κ3) is 6.49. The summed E-state index contributed by atoms with van der Waals surface area (Å²) in [5.74, 6) is 0.139. The molecule has 27 heavy (non-hydrogen) atoms. The molecule has 0 spiro atoms. The fourth-order valence-electron chi connectivity index (χ4n) is 2.85. The number of nitrogen functional groups attached to an aromatic ring is 1. The first-order chi connectivity index (χ1) is 12.9. The molecule has 0 aliphatic carbocycles. The summed E-state index contributed by atoms with van der Waals surface area (Å²) in [7, 11) is 0. The summed E-state index contributed by atoms with van der Waals surface area (Å²) in [5, 5.41) is 2.73. The van der Waals surface area contributed by atoms with Crippen molar-refractivity contribution in [2.45, 2.75) is 51.6 Å². The van der Waals surface area contributed by atoms with Crippen molar-refractivity contribution in [1.29, 1.82) is 0 Å². The number of carbonyl (C=O) groups is 2. The van der Waals surface area contributed by atoms with Crippen LogP contribution >= 0.6 is 0 Å². The predicted octanol–water partition coefficient (Wildman–Crippen LogP) is 1.94. The van der Waals surface area contributed by atoms with Gasteiger partial charge >= 0.3 is 0 Å². The molecule has 1 heterocycles. The first-order valence-corrected chi connectivity index (χ1v) is 9.21. The Morgan fingerprint density at radius 3 is 2.48 bits per heavy atom. The maximum absolute atomic E-state index is 12.3. The minimum Gasteiger partial charge on any atom is -0.384 e. The maximum atomic E-state index is 12.3. The third-order valence-corrected chi connectivity index (χ3v) is 4.62. The minimum absolute atomic E-state index is 0.0326. The van der Waals surface area contributed by atoms with E-state index in [9.17, 15) is 9.59 Å². The smallest absolute Gasteiger partial charge is 0.237 e. The molecular weight excluding hydrogens is 340 g/mol. The summed E-state index contributed by atoms with van der Waals surface area (Å²) >= 11 is 0. The standard InChI is InChI=1S/C21H28N4O2/c1-14-17(10-13-20(23)24-14)9-12-19(26)15(2)25-21(27)18(22)11-8-16-6-4-3-5-7-16/h3-7,10,13,15,18H,8-9,11-12,22H2,1-2H3,(H2,23,24)(H,25,27)/t15-,18+/m0/s1. The van der Waals surface area contributed by atoms with Crippen LogP contribution in [0.1, 0.15) is 36.6 Å². The van der Waals surface area contributed by atoms with E-state index in [-0.39, 0.29) is 11.7 Å². The van der Waals surface area contributed by atoms with Crippen LogP contribution < -0.4 is 16.8 Å². The van der Waals surface area contributed by atoms with Crippen LogP contribution in [0.3, 0.4) is 0 Å². The van der Waals surface area contributed by atoms with Gasteiger partial charge in [-0.25, -0.2) is 4.98 Å². The number of benzene rings is 1. The summed E-state index contributed by atoms with van der Waals surface area (Å²) in [6, 6.07) is 12.3. The van der Waals surface area contributed by atoms with Gasteiger partial charge in [0.05, 0.1) is 12.1 Å². The molecular formula is C21H28N4O2. The van der Waals surface area contributed by atoms with Crippen LogP contribution in [0.5, 0.6) is 0 Å². The van der Waals surface area contributed by atoms with E-state index in [2.05, 4.69) is 10.3 Å². The highest BCUT2D eigenvalue weighted by molar-refractivity contribution is 5.90. The van der Waals surface area contributed by atoms with E-state index >= 15 is 0 Å². The first kappa shape index (κ1) is 20.6. The Labute approximate surface area is 160 Å². The van der Waals surface area contributed by atoms with E-state index in [1.165, 1.54) is 0 Å². The molecule has 0 saturated heterocycles. The zero-order valence-corrected chi connectivity index (χ0v) is 15.9. The maximum Gasteiger partial charge on any atom is 0.237 e. The Kier molecular flexibility index (Phi) is 7.49. The molecule has 0 bridgehead atoms. The molecule has 144 valence electrons. The van der Waals surface area contributed by atoms with Crippen LogP contribution in [0.15, 0.2) is 42.5 Å². The second-order valence-corrected chi connectivity index (χ2v) is 6.81. The van der Waals surface area contributed by atoms with Gasteiger partial charge in [0.25, 0.3) is 0 Å². The van der Waals surface area contributed by atoms with Crippen LogP contribution in [0.2, 0.25) is 0 Å². The van der Waals surface area contributed by atoms with E-state index < -0.39 is 12.1 Å². The summed E-state index contributed by atoms with van der Waals surface area (Å²) in [4.78, 5) is 28.8. The van der Waals surface area contributed by atoms with Crippen LogP contribution in [0.25, 0.3) is 0 Å². The highest BCUT2D eigenvalue weighted by Gasteiger charge is 2.20. The summed E-state index contributed by atoms with van der Waals surface area (Å²) in [6.07, 6.45) is 2.15.